The van der Waals surface area contributed by atoms with Crippen molar-refractivity contribution in [3.8, 4) is 0 Å². The highest BCUT2D eigenvalue weighted by Crippen LogP contribution is 2.32. The third-order valence-corrected chi connectivity index (χ3v) is 4.49. The fourth-order valence-corrected chi connectivity index (χ4v) is 3.71. The zero-order chi connectivity index (χ0) is 14.3. The molecule has 0 radical (unpaired) electrons. The second kappa shape index (κ2) is 8.93. The van der Waals surface area contributed by atoms with Crippen LogP contribution in [0.2, 0.25) is 0 Å². The summed E-state index contributed by atoms with van der Waals surface area (Å²) in [5, 5.41) is 3.79. The van der Waals surface area contributed by atoms with Gasteiger partial charge >= 0.3 is 0 Å². The van der Waals surface area contributed by atoms with E-state index >= 15 is 0 Å². The molecule has 1 rings (SSSR count). The summed E-state index contributed by atoms with van der Waals surface area (Å²) >= 11 is 0. The molecule has 1 aliphatic carbocycles. The highest BCUT2D eigenvalue weighted by atomic mass is 16.5. The van der Waals surface area contributed by atoms with Crippen LogP contribution < -0.4 is 5.32 Å². The van der Waals surface area contributed by atoms with E-state index in [1.807, 2.05) is 0 Å². The van der Waals surface area contributed by atoms with Crippen LogP contribution in [-0.2, 0) is 4.74 Å². The fourth-order valence-electron chi connectivity index (χ4n) is 3.71. The number of rotatable bonds is 8. The van der Waals surface area contributed by atoms with E-state index in [4.69, 9.17) is 4.74 Å². The topological polar surface area (TPSA) is 24.5 Å². The standard InChI is InChI=1S/C16H34N2O/c1-6-8-17-15-12-13(3)11-14(4)16(15)18(7-2)9-10-19-5/h13-17H,6-12H2,1-5H3. The predicted molar refractivity (Wildman–Crippen MR) is 82.6 cm³/mol. The summed E-state index contributed by atoms with van der Waals surface area (Å²) in [6.07, 6.45) is 3.90. The van der Waals surface area contributed by atoms with Crippen LogP contribution in [0, 0.1) is 11.8 Å². The van der Waals surface area contributed by atoms with Gasteiger partial charge in [0.25, 0.3) is 0 Å². The molecule has 0 aromatic rings. The molecule has 0 saturated heterocycles. The van der Waals surface area contributed by atoms with Gasteiger partial charge in [0.05, 0.1) is 6.61 Å². The van der Waals surface area contributed by atoms with E-state index in [9.17, 15) is 0 Å². The first-order valence-corrected chi connectivity index (χ1v) is 8.10. The van der Waals surface area contributed by atoms with Gasteiger partial charge in [-0.05, 0) is 44.2 Å². The Kier molecular flexibility index (Phi) is 7.96. The van der Waals surface area contributed by atoms with E-state index in [2.05, 4.69) is 37.9 Å². The van der Waals surface area contributed by atoms with Gasteiger partial charge in [0.15, 0.2) is 0 Å². The molecule has 0 amide bonds. The summed E-state index contributed by atoms with van der Waals surface area (Å²) in [6, 6.07) is 1.32. The van der Waals surface area contributed by atoms with Gasteiger partial charge in [0, 0.05) is 25.7 Å². The van der Waals surface area contributed by atoms with Crippen molar-refractivity contribution < 1.29 is 4.74 Å². The van der Waals surface area contributed by atoms with Crippen molar-refractivity contribution in [3.05, 3.63) is 0 Å². The van der Waals surface area contributed by atoms with Gasteiger partial charge in [0.2, 0.25) is 0 Å². The zero-order valence-electron chi connectivity index (χ0n) is 13.6. The minimum atomic E-state index is 0.649. The molecule has 3 heteroatoms. The normalized spacial score (nSPS) is 31.9. The highest BCUT2D eigenvalue weighted by Gasteiger charge is 2.36. The Labute approximate surface area is 120 Å². The van der Waals surface area contributed by atoms with Crippen LogP contribution in [-0.4, -0.2) is 50.3 Å². The van der Waals surface area contributed by atoms with Gasteiger partial charge < -0.3 is 10.1 Å². The van der Waals surface area contributed by atoms with Gasteiger partial charge in [-0.3, -0.25) is 4.90 Å². The largest absolute Gasteiger partial charge is 0.383 e. The van der Waals surface area contributed by atoms with Crippen LogP contribution in [0.4, 0.5) is 0 Å². The second-order valence-corrected chi connectivity index (χ2v) is 6.23. The SMILES string of the molecule is CCCNC1CC(C)CC(C)C1N(CC)CCOC. The molecule has 114 valence electrons. The Hall–Kier alpha value is -0.120. The van der Waals surface area contributed by atoms with E-state index in [1.54, 1.807) is 7.11 Å². The van der Waals surface area contributed by atoms with Gasteiger partial charge in [-0.15, -0.1) is 0 Å². The molecule has 1 fully saturated rings. The van der Waals surface area contributed by atoms with Crippen molar-refractivity contribution in [2.75, 3.05) is 33.4 Å². The van der Waals surface area contributed by atoms with Crippen LogP contribution in [0.5, 0.6) is 0 Å². The van der Waals surface area contributed by atoms with Crippen molar-refractivity contribution in [3.63, 3.8) is 0 Å². The molecule has 4 atom stereocenters. The van der Waals surface area contributed by atoms with E-state index < -0.39 is 0 Å². The number of methoxy groups -OCH3 is 1. The number of nitrogens with one attached hydrogen (secondary N) is 1. The van der Waals surface area contributed by atoms with Crippen molar-refractivity contribution in [2.45, 2.75) is 59.0 Å². The molecule has 3 nitrogen and oxygen atoms in total. The summed E-state index contributed by atoms with van der Waals surface area (Å²) in [6.45, 7) is 13.5. The zero-order valence-corrected chi connectivity index (χ0v) is 13.6. The Balaban J connectivity index is 2.70. The number of ether oxygens (including phenoxy) is 1. The van der Waals surface area contributed by atoms with Crippen molar-refractivity contribution in [1.29, 1.82) is 0 Å². The Bertz CT molecular complexity index is 235. The molecule has 1 N–H and O–H groups in total. The lowest BCUT2D eigenvalue weighted by Gasteiger charge is -2.46. The lowest BCUT2D eigenvalue weighted by atomic mass is 9.75. The summed E-state index contributed by atoms with van der Waals surface area (Å²) in [7, 11) is 1.80. The molecule has 0 aliphatic heterocycles. The maximum atomic E-state index is 5.28. The van der Waals surface area contributed by atoms with Crippen LogP contribution in [0.3, 0.4) is 0 Å². The van der Waals surface area contributed by atoms with Crippen LogP contribution in [0.15, 0.2) is 0 Å². The monoisotopic (exact) mass is 270 g/mol. The number of hydrogen-bond donors (Lipinski definition) is 1. The lowest BCUT2D eigenvalue weighted by molar-refractivity contribution is 0.0450. The predicted octanol–water partition coefficient (Wildman–Crippen LogP) is 2.76. The van der Waals surface area contributed by atoms with E-state index in [0.717, 1.165) is 38.1 Å². The Morgan fingerprint density at radius 3 is 2.53 bits per heavy atom. The molecule has 0 heterocycles. The highest BCUT2D eigenvalue weighted by molar-refractivity contribution is 4.93. The first-order chi connectivity index (χ1) is 9.13. The van der Waals surface area contributed by atoms with Crippen LogP contribution in [0.25, 0.3) is 0 Å². The van der Waals surface area contributed by atoms with Crippen molar-refractivity contribution in [1.82, 2.24) is 10.2 Å². The van der Waals surface area contributed by atoms with Gasteiger partial charge in [-0.25, -0.2) is 0 Å². The fraction of sp³-hybridized carbons (Fsp3) is 1.00. The third kappa shape index (κ3) is 5.05. The third-order valence-electron chi connectivity index (χ3n) is 4.49. The lowest BCUT2D eigenvalue weighted by Crippen LogP contribution is -2.57. The smallest absolute Gasteiger partial charge is 0.0589 e. The summed E-state index contributed by atoms with van der Waals surface area (Å²) < 4.78 is 5.28. The number of hydrogen-bond acceptors (Lipinski definition) is 3. The second-order valence-electron chi connectivity index (χ2n) is 6.23. The molecule has 0 aromatic heterocycles. The number of nitrogens with zero attached hydrogens (tertiary/aromatic N) is 1. The molecule has 0 aromatic carbocycles. The van der Waals surface area contributed by atoms with Crippen LogP contribution >= 0.6 is 0 Å². The number of likely N-dealkylation sites (N-methyl/N-ethyl adjacent to an activating group) is 1. The molecule has 1 aliphatic rings. The molecule has 19 heavy (non-hydrogen) atoms. The maximum absolute atomic E-state index is 5.28. The average Bonchev–Trinajstić information content (AvgIpc) is 2.38. The first kappa shape index (κ1) is 16.9. The van der Waals surface area contributed by atoms with Crippen molar-refractivity contribution in [2.24, 2.45) is 11.8 Å². The average molecular weight is 270 g/mol. The quantitative estimate of drug-likeness (QED) is 0.734. The molecule has 0 bridgehead atoms. The van der Waals surface area contributed by atoms with Crippen LogP contribution in [0.1, 0.15) is 47.0 Å². The molecular formula is C16H34N2O. The van der Waals surface area contributed by atoms with Gasteiger partial charge in [-0.1, -0.05) is 27.7 Å². The Morgan fingerprint density at radius 1 is 1.21 bits per heavy atom. The first-order valence-electron chi connectivity index (χ1n) is 8.10. The summed E-state index contributed by atoms with van der Waals surface area (Å²) in [5.74, 6) is 1.62. The molecular weight excluding hydrogens is 236 g/mol. The Morgan fingerprint density at radius 2 is 1.95 bits per heavy atom. The minimum absolute atomic E-state index is 0.649. The van der Waals surface area contributed by atoms with Gasteiger partial charge in [0.1, 0.15) is 0 Å². The van der Waals surface area contributed by atoms with E-state index in [-0.39, 0.29) is 0 Å². The molecule has 1 saturated carbocycles. The molecule has 4 unspecified atom stereocenters. The van der Waals surface area contributed by atoms with Gasteiger partial charge in [-0.2, -0.15) is 0 Å². The minimum Gasteiger partial charge on any atom is -0.383 e. The van der Waals surface area contributed by atoms with E-state index in [1.165, 1.54) is 19.3 Å². The summed E-state index contributed by atoms with van der Waals surface area (Å²) in [5.41, 5.74) is 0. The molecule has 0 spiro atoms. The summed E-state index contributed by atoms with van der Waals surface area (Å²) in [4.78, 5) is 2.62. The van der Waals surface area contributed by atoms with E-state index in [0.29, 0.717) is 12.1 Å². The van der Waals surface area contributed by atoms with Crippen molar-refractivity contribution >= 4 is 0 Å². The maximum Gasteiger partial charge on any atom is 0.0589 e.